The number of thiocarbonyl (C=S) groups is 1. The van der Waals surface area contributed by atoms with Gasteiger partial charge in [0.15, 0.2) is 4.21 Å². The molecule has 0 radical (unpaired) electrons. The summed E-state index contributed by atoms with van der Waals surface area (Å²) in [5, 5.41) is 0.610. The van der Waals surface area contributed by atoms with Gasteiger partial charge < -0.3 is 5.73 Å². The van der Waals surface area contributed by atoms with Crippen LogP contribution in [0.25, 0.3) is 0 Å². The first-order chi connectivity index (χ1) is 9.31. The number of hydrogen-bond acceptors (Lipinski definition) is 5. The molecule has 0 aliphatic rings. The number of benzene rings is 1. The molecule has 0 atom stereocenters. The molecule has 2 rings (SSSR count). The largest absolute Gasteiger partial charge is 0.389 e. The van der Waals surface area contributed by atoms with Gasteiger partial charge in [-0.1, -0.05) is 18.3 Å². The molecule has 0 bridgehead atoms. The van der Waals surface area contributed by atoms with E-state index in [0.717, 1.165) is 17.4 Å². The van der Waals surface area contributed by atoms with Crippen molar-refractivity contribution >= 4 is 44.3 Å². The number of nitrogens with two attached hydrogens (primary N) is 1. The summed E-state index contributed by atoms with van der Waals surface area (Å²) in [5.41, 5.74) is 5.30. The molecule has 0 unspecified atom stereocenters. The van der Waals surface area contributed by atoms with Crippen LogP contribution in [0.3, 0.4) is 0 Å². The molecule has 1 aromatic heterocycles. The van der Waals surface area contributed by atoms with Crippen molar-refractivity contribution in [3.05, 3.63) is 40.8 Å². The topological polar surface area (TPSA) is 85.1 Å². The van der Waals surface area contributed by atoms with Crippen molar-refractivity contribution in [2.75, 3.05) is 4.72 Å². The lowest BCUT2D eigenvalue weighted by Gasteiger charge is -2.11. The summed E-state index contributed by atoms with van der Waals surface area (Å²) >= 11 is 5.75. The van der Waals surface area contributed by atoms with Gasteiger partial charge in [0.1, 0.15) is 10.8 Å². The lowest BCUT2D eigenvalue weighted by molar-refractivity contribution is 0.602. The number of nitrogens with one attached hydrogen (secondary N) is 1. The van der Waals surface area contributed by atoms with E-state index in [1.54, 1.807) is 6.92 Å². The zero-order valence-electron chi connectivity index (χ0n) is 10.3. The fraction of sp³-hybridized carbons (Fsp3) is 0.0909. The van der Waals surface area contributed by atoms with Crippen LogP contribution in [0.5, 0.6) is 0 Å². The number of anilines is 1. The van der Waals surface area contributed by atoms with E-state index in [1.807, 2.05) is 0 Å². The Hall–Kier alpha value is -1.58. The predicted molar refractivity (Wildman–Crippen MR) is 79.9 cm³/mol. The Labute approximate surface area is 124 Å². The molecule has 9 heteroatoms. The van der Waals surface area contributed by atoms with Crippen LogP contribution in [0.1, 0.15) is 10.6 Å². The van der Waals surface area contributed by atoms with Crippen LogP contribution in [-0.2, 0) is 10.0 Å². The number of rotatable bonds is 4. The van der Waals surface area contributed by atoms with E-state index >= 15 is 0 Å². The maximum absolute atomic E-state index is 13.7. The smallest absolute Gasteiger partial charge is 0.273 e. The third kappa shape index (κ3) is 2.94. The Morgan fingerprint density at radius 3 is 2.75 bits per heavy atom. The summed E-state index contributed by atoms with van der Waals surface area (Å²) < 4.78 is 40.3. The summed E-state index contributed by atoms with van der Waals surface area (Å²) in [6.45, 7) is 1.69. The molecule has 20 heavy (non-hydrogen) atoms. The van der Waals surface area contributed by atoms with E-state index in [-0.39, 0.29) is 20.4 Å². The summed E-state index contributed by atoms with van der Waals surface area (Å²) in [6, 6.07) is 3.92. The third-order valence-electron chi connectivity index (χ3n) is 2.37. The number of halogens is 1. The van der Waals surface area contributed by atoms with E-state index in [9.17, 15) is 12.8 Å². The van der Waals surface area contributed by atoms with Gasteiger partial charge in [-0.25, -0.2) is 17.8 Å². The van der Waals surface area contributed by atoms with E-state index < -0.39 is 15.8 Å². The van der Waals surface area contributed by atoms with Crippen LogP contribution in [0.2, 0.25) is 0 Å². The van der Waals surface area contributed by atoms with Crippen molar-refractivity contribution in [3.8, 4) is 0 Å². The second-order valence-electron chi connectivity index (χ2n) is 3.83. The second kappa shape index (κ2) is 5.43. The average molecular weight is 331 g/mol. The first kappa shape index (κ1) is 14.8. The molecule has 1 aromatic carbocycles. The molecule has 0 fully saturated rings. The number of nitrogens with zero attached hydrogens (tertiary/aromatic N) is 1. The Bertz CT molecular complexity index is 771. The fourth-order valence-corrected chi connectivity index (χ4v) is 3.91. The number of thiazole rings is 1. The Kier molecular flexibility index (Phi) is 4.02. The van der Waals surface area contributed by atoms with Gasteiger partial charge >= 0.3 is 0 Å². The van der Waals surface area contributed by atoms with Crippen molar-refractivity contribution in [1.29, 1.82) is 0 Å². The highest BCUT2D eigenvalue weighted by molar-refractivity contribution is 7.94. The van der Waals surface area contributed by atoms with Gasteiger partial charge in [-0.15, -0.1) is 11.3 Å². The Morgan fingerprint density at radius 2 is 2.20 bits per heavy atom. The molecule has 0 saturated heterocycles. The molecule has 0 saturated carbocycles. The van der Waals surface area contributed by atoms with Gasteiger partial charge in [0, 0.05) is 0 Å². The number of sulfonamides is 1. The molecule has 0 aliphatic carbocycles. The Balaban J connectivity index is 2.45. The van der Waals surface area contributed by atoms with E-state index in [2.05, 4.69) is 9.71 Å². The molecular weight excluding hydrogens is 321 g/mol. The molecule has 1 heterocycles. The zero-order valence-corrected chi connectivity index (χ0v) is 12.7. The maximum atomic E-state index is 13.7. The molecule has 5 nitrogen and oxygen atoms in total. The van der Waals surface area contributed by atoms with Crippen LogP contribution in [0, 0.1) is 12.7 Å². The minimum atomic E-state index is -3.84. The Morgan fingerprint density at radius 1 is 1.50 bits per heavy atom. The standard InChI is InChI=1S/C11H10FN3O2S3/c1-6-14-5-9(19-6)20(16,17)15-8-4-2-3-7(12)10(8)11(13)18/h2-5,15H,1H3,(H2,13,18). The maximum Gasteiger partial charge on any atom is 0.273 e. The first-order valence-corrected chi connectivity index (χ1v) is 8.05. The lowest BCUT2D eigenvalue weighted by Crippen LogP contribution is -2.18. The molecule has 0 aliphatic heterocycles. The quantitative estimate of drug-likeness (QED) is 0.837. The van der Waals surface area contributed by atoms with Gasteiger partial charge in [-0.05, 0) is 19.1 Å². The summed E-state index contributed by atoms with van der Waals surface area (Å²) in [5.74, 6) is -0.682. The SMILES string of the molecule is Cc1ncc(S(=O)(=O)Nc2cccc(F)c2C(N)=S)s1. The highest BCUT2D eigenvalue weighted by Gasteiger charge is 2.20. The lowest BCUT2D eigenvalue weighted by atomic mass is 10.2. The van der Waals surface area contributed by atoms with Crippen molar-refractivity contribution in [2.24, 2.45) is 5.73 Å². The first-order valence-electron chi connectivity index (χ1n) is 5.35. The van der Waals surface area contributed by atoms with Gasteiger partial charge in [-0.2, -0.15) is 0 Å². The van der Waals surface area contributed by atoms with Crippen molar-refractivity contribution in [1.82, 2.24) is 4.98 Å². The highest BCUT2D eigenvalue weighted by atomic mass is 32.2. The van der Waals surface area contributed by atoms with Crippen LogP contribution in [0.15, 0.2) is 28.6 Å². The van der Waals surface area contributed by atoms with E-state index in [1.165, 1.54) is 18.3 Å². The summed E-state index contributed by atoms with van der Waals surface area (Å²) in [7, 11) is -3.84. The third-order valence-corrected chi connectivity index (χ3v) is 5.31. The van der Waals surface area contributed by atoms with E-state index in [4.69, 9.17) is 18.0 Å². The normalized spacial score (nSPS) is 11.3. The van der Waals surface area contributed by atoms with E-state index in [0.29, 0.717) is 5.01 Å². The zero-order chi connectivity index (χ0) is 14.9. The monoisotopic (exact) mass is 331 g/mol. The minimum Gasteiger partial charge on any atom is -0.389 e. The van der Waals surface area contributed by atoms with Crippen LogP contribution in [0.4, 0.5) is 10.1 Å². The number of aryl methyl sites for hydroxylation is 1. The van der Waals surface area contributed by atoms with Gasteiger partial charge in [-0.3, -0.25) is 4.72 Å². The fourth-order valence-electron chi connectivity index (χ4n) is 1.52. The van der Waals surface area contributed by atoms with Crippen molar-refractivity contribution in [3.63, 3.8) is 0 Å². The van der Waals surface area contributed by atoms with Crippen LogP contribution < -0.4 is 10.5 Å². The summed E-state index contributed by atoms with van der Waals surface area (Å²) in [6.07, 6.45) is 1.24. The number of hydrogen-bond donors (Lipinski definition) is 2. The minimum absolute atomic E-state index is 0.00329. The average Bonchev–Trinajstić information content (AvgIpc) is 2.75. The van der Waals surface area contributed by atoms with Crippen molar-refractivity contribution in [2.45, 2.75) is 11.1 Å². The predicted octanol–water partition coefficient (Wildman–Crippen LogP) is 2.03. The van der Waals surface area contributed by atoms with Crippen LogP contribution in [-0.4, -0.2) is 18.4 Å². The molecule has 0 amide bonds. The molecule has 0 spiro atoms. The van der Waals surface area contributed by atoms with Gasteiger partial charge in [0.25, 0.3) is 10.0 Å². The summed E-state index contributed by atoms with van der Waals surface area (Å²) in [4.78, 5) is 3.65. The van der Waals surface area contributed by atoms with Crippen LogP contribution >= 0.6 is 23.6 Å². The van der Waals surface area contributed by atoms with Crippen molar-refractivity contribution < 1.29 is 12.8 Å². The number of aromatic nitrogens is 1. The molecule has 3 N–H and O–H groups in total. The molecule has 2 aromatic rings. The van der Waals surface area contributed by atoms with Gasteiger partial charge in [0.2, 0.25) is 0 Å². The highest BCUT2D eigenvalue weighted by Crippen LogP contribution is 2.25. The molecule has 106 valence electrons. The second-order valence-corrected chi connectivity index (χ2v) is 7.41. The molecular formula is C11H10FN3O2S3. The van der Waals surface area contributed by atoms with Gasteiger partial charge in [0.05, 0.1) is 22.5 Å².